The van der Waals surface area contributed by atoms with Crippen LogP contribution in [0.25, 0.3) is 0 Å². The topological polar surface area (TPSA) is 35.5 Å². The molecule has 3 nitrogen and oxygen atoms in total. The Bertz CT molecular complexity index is 593. The Balaban J connectivity index is 2.01. The van der Waals surface area contributed by atoms with Gasteiger partial charge >= 0.3 is 0 Å². The number of ether oxygens (including phenoxy) is 2. The highest BCUT2D eigenvalue weighted by molar-refractivity contribution is 8.00. The summed E-state index contributed by atoms with van der Waals surface area (Å²) in [7, 11) is 1.64. The van der Waals surface area contributed by atoms with E-state index in [2.05, 4.69) is 0 Å². The van der Waals surface area contributed by atoms with Crippen LogP contribution in [-0.2, 0) is 0 Å². The summed E-state index contributed by atoms with van der Waals surface area (Å²) in [6, 6.07) is 15.0. The molecule has 4 heteroatoms. The van der Waals surface area contributed by atoms with Gasteiger partial charge in [0.05, 0.1) is 25.0 Å². The van der Waals surface area contributed by atoms with Crippen molar-refractivity contribution in [2.24, 2.45) is 0 Å². The molecule has 2 rings (SSSR count). The van der Waals surface area contributed by atoms with E-state index in [1.807, 2.05) is 55.5 Å². The van der Waals surface area contributed by atoms with E-state index in [9.17, 15) is 4.79 Å². The summed E-state index contributed by atoms with van der Waals surface area (Å²) >= 11 is 1.51. The van der Waals surface area contributed by atoms with Gasteiger partial charge in [0.1, 0.15) is 11.5 Å². The second kappa shape index (κ2) is 7.74. The first-order valence-corrected chi connectivity index (χ1v) is 7.75. The van der Waals surface area contributed by atoms with Gasteiger partial charge in [-0.2, -0.15) is 0 Å². The summed E-state index contributed by atoms with van der Waals surface area (Å²) in [5, 5.41) is 0. The predicted octanol–water partition coefficient (Wildman–Crippen LogP) is 4.07. The normalized spacial score (nSPS) is 10.2. The number of ketones is 1. The van der Waals surface area contributed by atoms with Crippen molar-refractivity contribution in [1.82, 2.24) is 0 Å². The number of Topliss-reactive ketones (excluding diaryl/α,β-unsaturated/α-hetero) is 1. The van der Waals surface area contributed by atoms with Crippen LogP contribution < -0.4 is 9.47 Å². The van der Waals surface area contributed by atoms with Crippen LogP contribution in [0.5, 0.6) is 11.5 Å². The number of benzene rings is 2. The van der Waals surface area contributed by atoms with Gasteiger partial charge in [-0.05, 0) is 43.3 Å². The van der Waals surface area contributed by atoms with Gasteiger partial charge in [0.25, 0.3) is 0 Å². The van der Waals surface area contributed by atoms with E-state index < -0.39 is 0 Å². The fourth-order valence-electron chi connectivity index (χ4n) is 1.88. The van der Waals surface area contributed by atoms with Crippen molar-refractivity contribution >= 4 is 17.5 Å². The number of hydrogen-bond donors (Lipinski definition) is 0. The summed E-state index contributed by atoms with van der Waals surface area (Å²) in [5.41, 5.74) is 0.639. The van der Waals surface area contributed by atoms with Crippen molar-refractivity contribution < 1.29 is 14.3 Å². The Morgan fingerprint density at radius 2 is 1.81 bits per heavy atom. The molecule has 0 aromatic heterocycles. The van der Waals surface area contributed by atoms with Gasteiger partial charge in [-0.1, -0.05) is 12.1 Å². The quantitative estimate of drug-likeness (QED) is 0.570. The number of carbonyl (C=O) groups excluding carboxylic acids is 1. The number of para-hydroxylation sites is 1. The van der Waals surface area contributed by atoms with Crippen LogP contribution in [0.1, 0.15) is 17.3 Å². The molecule has 0 amide bonds. The largest absolute Gasteiger partial charge is 0.497 e. The lowest BCUT2D eigenvalue weighted by Gasteiger charge is -2.09. The molecule has 0 N–H and O–H groups in total. The molecule has 21 heavy (non-hydrogen) atoms. The molecule has 0 aliphatic heterocycles. The van der Waals surface area contributed by atoms with E-state index in [0.29, 0.717) is 23.7 Å². The van der Waals surface area contributed by atoms with E-state index >= 15 is 0 Å². The lowest BCUT2D eigenvalue weighted by atomic mass is 10.1. The lowest BCUT2D eigenvalue weighted by molar-refractivity contribution is 0.101. The molecule has 0 bridgehead atoms. The smallest absolute Gasteiger partial charge is 0.176 e. The van der Waals surface area contributed by atoms with Crippen LogP contribution in [0.4, 0.5) is 0 Å². The number of carbonyl (C=O) groups is 1. The monoisotopic (exact) mass is 302 g/mol. The van der Waals surface area contributed by atoms with Gasteiger partial charge in [-0.3, -0.25) is 4.79 Å². The Morgan fingerprint density at radius 1 is 1.10 bits per heavy atom. The third-order valence-corrected chi connectivity index (χ3v) is 3.93. The molecule has 0 heterocycles. The van der Waals surface area contributed by atoms with Crippen molar-refractivity contribution in [3.05, 3.63) is 54.1 Å². The van der Waals surface area contributed by atoms with E-state index in [0.717, 1.165) is 10.6 Å². The molecule has 0 atom stereocenters. The van der Waals surface area contributed by atoms with Crippen LogP contribution in [0, 0.1) is 0 Å². The zero-order chi connectivity index (χ0) is 15.1. The average molecular weight is 302 g/mol. The minimum absolute atomic E-state index is 0.0693. The van der Waals surface area contributed by atoms with Crippen molar-refractivity contribution in [1.29, 1.82) is 0 Å². The molecular formula is C17H18O3S. The number of rotatable bonds is 7. The van der Waals surface area contributed by atoms with Crippen LogP contribution in [0.15, 0.2) is 53.4 Å². The first kappa shape index (κ1) is 15.4. The molecule has 0 aliphatic rings. The SMILES string of the molecule is CCOc1ccccc1C(=O)CSc1ccc(OC)cc1. The average Bonchev–Trinajstić information content (AvgIpc) is 2.54. The summed E-state index contributed by atoms with van der Waals surface area (Å²) in [6.07, 6.45) is 0. The molecule has 0 radical (unpaired) electrons. The van der Waals surface area contributed by atoms with E-state index in [4.69, 9.17) is 9.47 Å². The number of methoxy groups -OCH3 is 1. The Morgan fingerprint density at radius 3 is 2.48 bits per heavy atom. The van der Waals surface area contributed by atoms with Gasteiger partial charge in [0, 0.05) is 4.90 Å². The second-order valence-electron chi connectivity index (χ2n) is 4.32. The van der Waals surface area contributed by atoms with Crippen molar-refractivity contribution in [3.63, 3.8) is 0 Å². The van der Waals surface area contributed by atoms with Gasteiger partial charge < -0.3 is 9.47 Å². The molecule has 0 unspecified atom stereocenters. The van der Waals surface area contributed by atoms with Crippen LogP contribution in [0.3, 0.4) is 0 Å². The predicted molar refractivity (Wildman–Crippen MR) is 85.7 cm³/mol. The fraction of sp³-hybridized carbons (Fsp3) is 0.235. The standard InChI is InChI=1S/C17H18O3S/c1-3-20-17-7-5-4-6-15(17)16(18)12-21-14-10-8-13(19-2)9-11-14/h4-11H,3,12H2,1-2H3. The van der Waals surface area contributed by atoms with Crippen molar-refractivity contribution in [2.45, 2.75) is 11.8 Å². The molecule has 0 saturated heterocycles. The highest BCUT2D eigenvalue weighted by Crippen LogP contribution is 2.25. The lowest BCUT2D eigenvalue weighted by Crippen LogP contribution is -2.06. The Hall–Kier alpha value is -1.94. The van der Waals surface area contributed by atoms with Crippen LogP contribution in [0.2, 0.25) is 0 Å². The Kier molecular flexibility index (Phi) is 5.69. The van der Waals surface area contributed by atoms with Gasteiger partial charge in [-0.15, -0.1) is 11.8 Å². The van der Waals surface area contributed by atoms with Gasteiger partial charge in [0.15, 0.2) is 5.78 Å². The summed E-state index contributed by atoms with van der Waals surface area (Å²) < 4.78 is 10.6. The van der Waals surface area contributed by atoms with Gasteiger partial charge in [-0.25, -0.2) is 0 Å². The summed E-state index contributed by atoms with van der Waals surface area (Å²) in [4.78, 5) is 13.4. The van der Waals surface area contributed by atoms with Crippen LogP contribution in [-0.4, -0.2) is 25.3 Å². The Labute approximate surface area is 129 Å². The zero-order valence-electron chi connectivity index (χ0n) is 12.2. The highest BCUT2D eigenvalue weighted by Gasteiger charge is 2.12. The molecule has 2 aromatic carbocycles. The van der Waals surface area contributed by atoms with Gasteiger partial charge in [0.2, 0.25) is 0 Å². The summed E-state index contributed by atoms with van der Waals surface area (Å²) in [5.74, 6) is 1.92. The second-order valence-corrected chi connectivity index (χ2v) is 5.37. The molecule has 0 fully saturated rings. The first-order valence-electron chi connectivity index (χ1n) is 6.76. The third-order valence-electron chi connectivity index (χ3n) is 2.92. The minimum Gasteiger partial charge on any atom is -0.497 e. The van der Waals surface area contributed by atoms with Crippen molar-refractivity contribution in [2.75, 3.05) is 19.5 Å². The fourth-order valence-corrected chi connectivity index (χ4v) is 2.66. The number of thioether (sulfide) groups is 1. The molecular weight excluding hydrogens is 284 g/mol. The van der Waals surface area contributed by atoms with Crippen LogP contribution >= 0.6 is 11.8 Å². The maximum absolute atomic E-state index is 12.3. The minimum atomic E-state index is 0.0693. The summed E-state index contributed by atoms with van der Waals surface area (Å²) in [6.45, 7) is 2.46. The maximum atomic E-state index is 12.3. The highest BCUT2D eigenvalue weighted by atomic mass is 32.2. The maximum Gasteiger partial charge on any atom is 0.176 e. The molecule has 0 spiro atoms. The zero-order valence-corrected chi connectivity index (χ0v) is 13.0. The number of hydrogen-bond acceptors (Lipinski definition) is 4. The third kappa shape index (κ3) is 4.26. The van der Waals surface area contributed by atoms with E-state index in [-0.39, 0.29) is 5.78 Å². The van der Waals surface area contributed by atoms with E-state index in [1.165, 1.54) is 11.8 Å². The van der Waals surface area contributed by atoms with E-state index in [1.54, 1.807) is 7.11 Å². The first-order chi connectivity index (χ1) is 10.2. The molecule has 0 saturated carbocycles. The molecule has 2 aromatic rings. The van der Waals surface area contributed by atoms with Crippen molar-refractivity contribution in [3.8, 4) is 11.5 Å². The molecule has 0 aliphatic carbocycles. The molecule has 110 valence electrons.